The number of nitrogens with zero attached hydrogens (tertiary/aromatic N) is 2. The van der Waals surface area contributed by atoms with Crippen molar-refractivity contribution in [3.8, 4) is 5.75 Å². The number of hydrogen-bond acceptors (Lipinski definition) is 5. The fourth-order valence-electron chi connectivity index (χ4n) is 3.88. The molecule has 1 saturated heterocycles. The number of benzene rings is 1. The third kappa shape index (κ3) is 4.13. The topological polar surface area (TPSA) is 88.6 Å². The molecule has 1 aliphatic heterocycles. The monoisotopic (exact) mass is 415 g/mol. The highest BCUT2D eigenvalue weighted by atomic mass is 32.2. The van der Waals surface area contributed by atoms with Crippen molar-refractivity contribution in [3.05, 3.63) is 48.3 Å². The molecule has 8 heteroatoms. The lowest BCUT2D eigenvalue weighted by atomic mass is 10.1. The summed E-state index contributed by atoms with van der Waals surface area (Å²) < 4.78 is 33.0. The lowest BCUT2D eigenvalue weighted by Crippen LogP contribution is -2.35. The summed E-state index contributed by atoms with van der Waals surface area (Å²) in [5.74, 6) is 0.223. The molecule has 1 N–H and O–H groups in total. The van der Waals surface area contributed by atoms with Crippen molar-refractivity contribution < 1.29 is 17.9 Å². The van der Waals surface area contributed by atoms with Crippen LogP contribution in [-0.2, 0) is 14.8 Å². The second kappa shape index (κ2) is 8.12. The van der Waals surface area contributed by atoms with E-state index in [1.54, 1.807) is 24.5 Å². The lowest BCUT2D eigenvalue weighted by Gasteiger charge is -2.26. The van der Waals surface area contributed by atoms with Crippen LogP contribution in [0.25, 0.3) is 0 Å². The van der Waals surface area contributed by atoms with Crippen LogP contribution in [0.1, 0.15) is 37.2 Å². The molecule has 0 spiro atoms. The molecule has 0 bridgehead atoms. The van der Waals surface area contributed by atoms with Crippen molar-refractivity contribution in [1.82, 2.24) is 9.29 Å². The van der Waals surface area contributed by atoms with Gasteiger partial charge in [0.1, 0.15) is 10.6 Å². The number of hydrogen-bond donors (Lipinski definition) is 1. The fourth-order valence-corrected chi connectivity index (χ4v) is 5.58. The molecule has 1 amide bonds. The van der Waals surface area contributed by atoms with Crippen LogP contribution in [0.4, 0.5) is 5.69 Å². The van der Waals surface area contributed by atoms with Crippen LogP contribution >= 0.6 is 0 Å². The number of carbonyl (C=O) groups is 1. The highest BCUT2D eigenvalue weighted by Gasteiger charge is 2.44. The van der Waals surface area contributed by atoms with E-state index in [1.165, 1.54) is 17.5 Å². The van der Waals surface area contributed by atoms with Crippen LogP contribution in [0.2, 0.25) is 0 Å². The molecular formula is C21H25N3O4S. The van der Waals surface area contributed by atoms with E-state index in [0.29, 0.717) is 18.8 Å². The minimum atomic E-state index is -3.67. The third-order valence-corrected chi connectivity index (χ3v) is 7.52. The Kier molecular flexibility index (Phi) is 5.56. The molecule has 1 saturated carbocycles. The largest absolute Gasteiger partial charge is 0.495 e. The number of anilines is 1. The summed E-state index contributed by atoms with van der Waals surface area (Å²) in [5, 5.41) is 2.87. The highest BCUT2D eigenvalue weighted by molar-refractivity contribution is 7.89. The Balaban J connectivity index is 1.52. The van der Waals surface area contributed by atoms with Gasteiger partial charge in [-0.05, 0) is 55.0 Å². The molecule has 4 rings (SSSR count). The van der Waals surface area contributed by atoms with E-state index in [2.05, 4.69) is 10.3 Å². The summed E-state index contributed by atoms with van der Waals surface area (Å²) in [7, 11) is -2.22. The minimum absolute atomic E-state index is 0.0966. The van der Waals surface area contributed by atoms with Crippen molar-refractivity contribution >= 4 is 21.6 Å². The first-order valence-corrected chi connectivity index (χ1v) is 11.3. The summed E-state index contributed by atoms with van der Waals surface area (Å²) >= 11 is 0. The minimum Gasteiger partial charge on any atom is -0.495 e. The van der Waals surface area contributed by atoms with Gasteiger partial charge in [-0.3, -0.25) is 9.78 Å². The molecule has 1 aliphatic carbocycles. The van der Waals surface area contributed by atoms with E-state index in [0.717, 1.165) is 31.2 Å². The summed E-state index contributed by atoms with van der Waals surface area (Å²) in [4.78, 5) is 16.9. The van der Waals surface area contributed by atoms with Gasteiger partial charge in [-0.2, -0.15) is 4.31 Å². The molecule has 1 aromatic heterocycles. The number of piperidine rings is 1. The number of amides is 1. The fraction of sp³-hybridized carbons (Fsp3) is 0.429. The highest BCUT2D eigenvalue weighted by Crippen LogP contribution is 2.47. The van der Waals surface area contributed by atoms with Crippen LogP contribution in [0.15, 0.2) is 47.6 Å². The van der Waals surface area contributed by atoms with E-state index >= 15 is 0 Å². The quantitative estimate of drug-likeness (QED) is 0.783. The SMILES string of the molecule is COc1ccc(NC(=O)[C@H]2C[C@H]2c2cccnc2)cc1S(=O)(=O)N1CCCCC1. The zero-order valence-electron chi connectivity index (χ0n) is 16.4. The van der Waals surface area contributed by atoms with Gasteiger partial charge < -0.3 is 10.1 Å². The number of carbonyl (C=O) groups excluding carboxylic acids is 1. The van der Waals surface area contributed by atoms with Gasteiger partial charge in [0.2, 0.25) is 15.9 Å². The number of rotatable bonds is 6. The second-order valence-corrected chi connectivity index (χ2v) is 9.46. The number of aromatic nitrogens is 1. The maximum Gasteiger partial charge on any atom is 0.246 e. The van der Waals surface area contributed by atoms with Gasteiger partial charge in [0, 0.05) is 37.1 Å². The summed E-state index contributed by atoms with van der Waals surface area (Å²) in [6.07, 6.45) is 7.02. The average Bonchev–Trinajstić information content (AvgIpc) is 3.56. The van der Waals surface area contributed by atoms with Gasteiger partial charge in [-0.25, -0.2) is 8.42 Å². The van der Waals surface area contributed by atoms with Crippen LogP contribution in [-0.4, -0.2) is 43.8 Å². The van der Waals surface area contributed by atoms with Crippen LogP contribution in [0, 0.1) is 5.92 Å². The van der Waals surface area contributed by atoms with E-state index in [1.807, 2.05) is 12.1 Å². The standard InChI is InChI=1S/C21H25N3O4S/c1-28-19-8-7-16(12-20(19)29(26,27)24-10-3-2-4-11-24)23-21(25)18-13-17(18)15-6-5-9-22-14-15/h5-9,12,14,17-18H,2-4,10-11,13H2,1H3,(H,23,25)/t17-,18-/m0/s1. The zero-order chi connectivity index (χ0) is 20.4. The zero-order valence-corrected chi connectivity index (χ0v) is 17.2. The predicted octanol–water partition coefficient (Wildman–Crippen LogP) is 3.01. The van der Waals surface area contributed by atoms with E-state index in [9.17, 15) is 13.2 Å². The molecule has 2 aliphatic rings. The first-order valence-electron chi connectivity index (χ1n) is 9.89. The molecule has 2 heterocycles. The molecule has 2 fully saturated rings. The smallest absolute Gasteiger partial charge is 0.246 e. The van der Waals surface area contributed by atoms with Crippen LogP contribution < -0.4 is 10.1 Å². The molecule has 0 radical (unpaired) electrons. The predicted molar refractivity (Wildman–Crippen MR) is 109 cm³/mol. The van der Waals surface area contributed by atoms with Crippen molar-refractivity contribution in [2.24, 2.45) is 5.92 Å². The maximum absolute atomic E-state index is 13.1. The number of sulfonamides is 1. The number of pyridine rings is 1. The number of ether oxygens (including phenoxy) is 1. The van der Waals surface area contributed by atoms with Gasteiger partial charge in [0.25, 0.3) is 0 Å². The van der Waals surface area contributed by atoms with E-state index in [4.69, 9.17) is 4.74 Å². The third-order valence-electron chi connectivity index (χ3n) is 5.60. The molecule has 2 atom stereocenters. The van der Waals surface area contributed by atoms with E-state index in [-0.39, 0.29) is 28.4 Å². The van der Waals surface area contributed by atoms with Crippen molar-refractivity contribution in [3.63, 3.8) is 0 Å². The summed E-state index contributed by atoms with van der Waals surface area (Å²) in [6.45, 7) is 1.02. The Labute approximate surface area is 171 Å². The van der Waals surface area contributed by atoms with Gasteiger partial charge in [0.05, 0.1) is 7.11 Å². The first-order chi connectivity index (χ1) is 14.0. The Bertz CT molecular complexity index is 988. The van der Waals surface area contributed by atoms with Crippen molar-refractivity contribution in [2.45, 2.75) is 36.5 Å². The Morgan fingerprint density at radius 2 is 2.00 bits per heavy atom. The molecule has 0 unspecified atom stereocenters. The van der Waals surface area contributed by atoms with Gasteiger partial charge in [-0.15, -0.1) is 0 Å². The summed E-state index contributed by atoms with van der Waals surface area (Å²) in [6, 6.07) is 8.61. The second-order valence-electron chi connectivity index (χ2n) is 7.55. The Morgan fingerprint density at radius 1 is 1.21 bits per heavy atom. The average molecular weight is 416 g/mol. The van der Waals surface area contributed by atoms with E-state index < -0.39 is 10.0 Å². The Morgan fingerprint density at radius 3 is 2.69 bits per heavy atom. The number of methoxy groups -OCH3 is 1. The van der Waals surface area contributed by atoms with Crippen molar-refractivity contribution in [1.29, 1.82) is 0 Å². The first kappa shape index (κ1) is 19.8. The number of nitrogens with one attached hydrogen (secondary N) is 1. The molecule has 2 aromatic rings. The van der Waals surface area contributed by atoms with Crippen LogP contribution in [0.3, 0.4) is 0 Å². The normalized spacial score (nSPS) is 22.1. The molecule has 154 valence electrons. The van der Waals surface area contributed by atoms with Crippen LogP contribution in [0.5, 0.6) is 5.75 Å². The van der Waals surface area contributed by atoms with Gasteiger partial charge >= 0.3 is 0 Å². The van der Waals surface area contributed by atoms with Gasteiger partial charge in [-0.1, -0.05) is 12.5 Å². The molecule has 29 heavy (non-hydrogen) atoms. The lowest BCUT2D eigenvalue weighted by molar-refractivity contribution is -0.117. The van der Waals surface area contributed by atoms with Crippen molar-refractivity contribution in [2.75, 3.05) is 25.5 Å². The Hall–Kier alpha value is -2.45. The molecule has 7 nitrogen and oxygen atoms in total. The maximum atomic E-state index is 13.1. The van der Waals surface area contributed by atoms with Gasteiger partial charge in [0.15, 0.2) is 0 Å². The summed E-state index contributed by atoms with van der Waals surface area (Å²) in [5.41, 5.74) is 1.51. The molecular weight excluding hydrogens is 390 g/mol. The molecule has 1 aromatic carbocycles.